The molecule has 0 aliphatic heterocycles. The van der Waals surface area contributed by atoms with Crippen molar-refractivity contribution in [2.45, 2.75) is 40.0 Å². The summed E-state index contributed by atoms with van der Waals surface area (Å²) in [6.45, 7) is 9.36. The van der Waals surface area contributed by atoms with Crippen LogP contribution < -0.4 is 4.74 Å². The Hall–Kier alpha value is -1.68. The molecule has 0 saturated carbocycles. The molecule has 1 aromatic heterocycles. The highest BCUT2D eigenvalue weighted by molar-refractivity contribution is 6.30. The quantitative estimate of drug-likeness (QED) is 0.734. The van der Waals surface area contributed by atoms with Crippen LogP contribution >= 0.6 is 11.6 Å². The molecular weight excluding hydrogens is 291 g/mol. The number of hydrogen-bond donors (Lipinski definition) is 0. The molecule has 21 heavy (non-hydrogen) atoms. The number of aryl methyl sites for hydroxylation is 1. The fraction of sp³-hybridized carbons (Fsp3) is 0.375. The Morgan fingerprint density at radius 3 is 2.43 bits per heavy atom. The molecular formula is C16H18ClFN2O. The van der Waals surface area contributed by atoms with E-state index in [9.17, 15) is 4.39 Å². The minimum atomic E-state index is -0.399. The maximum Gasteiger partial charge on any atom is 0.227 e. The van der Waals surface area contributed by atoms with Crippen LogP contribution in [-0.4, -0.2) is 9.97 Å². The molecule has 1 aromatic carbocycles. The minimum Gasteiger partial charge on any atom is -0.435 e. The van der Waals surface area contributed by atoms with Crippen LogP contribution in [0.5, 0.6) is 11.6 Å². The summed E-state index contributed by atoms with van der Waals surface area (Å²) in [5.41, 5.74) is 0.826. The van der Waals surface area contributed by atoms with Gasteiger partial charge in [-0.15, -0.1) is 0 Å². The van der Waals surface area contributed by atoms with E-state index in [0.717, 1.165) is 0 Å². The summed E-state index contributed by atoms with van der Waals surface area (Å²) < 4.78 is 19.7. The Balaban J connectivity index is 2.49. The van der Waals surface area contributed by atoms with Crippen LogP contribution in [0.3, 0.4) is 0 Å². The molecule has 112 valence electrons. The standard InChI is InChI=1S/C16H18ClFN2O/c1-9-7-6-8-11(12(9)18)21-14-10(2)13(17)19-15(20-14)16(3,4)5/h6-8H,1-5H3. The molecule has 0 radical (unpaired) electrons. The molecule has 0 saturated heterocycles. The Bertz CT molecular complexity index is 681. The fourth-order valence-corrected chi connectivity index (χ4v) is 1.87. The summed E-state index contributed by atoms with van der Waals surface area (Å²) in [5, 5.41) is 0.318. The Morgan fingerprint density at radius 1 is 1.14 bits per heavy atom. The summed E-state index contributed by atoms with van der Waals surface area (Å²) in [4.78, 5) is 8.65. The summed E-state index contributed by atoms with van der Waals surface area (Å²) in [5.74, 6) is 0.572. The zero-order chi connectivity index (χ0) is 15.8. The van der Waals surface area contributed by atoms with E-state index in [2.05, 4.69) is 9.97 Å². The third-order valence-corrected chi connectivity index (χ3v) is 3.44. The van der Waals surface area contributed by atoms with Gasteiger partial charge in [0, 0.05) is 11.0 Å². The zero-order valence-electron chi connectivity index (χ0n) is 12.8. The van der Waals surface area contributed by atoms with E-state index in [0.29, 0.717) is 22.1 Å². The number of halogens is 2. The highest BCUT2D eigenvalue weighted by atomic mass is 35.5. The Kier molecular flexibility index (Phi) is 4.19. The molecule has 0 amide bonds. The van der Waals surface area contributed by atoms with E-state index >= 15 is 0 Å². The third-order valence-electron chi connectivity index (χ3n) is 3.08. The average Bonchev–Trinajstić information content (AvgIpc) is 2.38. The van der Waals surface area contributed by atoms with Crippen LogP contribution in [0.25, 0.3) is 0 Å². The highest BCUT2D eigenvalue weighted by Crippen LogP contribution is 2.32. The van der Waals surface area contributed by atoms with Crippen molar-refractivity contribution in [1.82, 2.24) is 9.97 Å². The monoisotopic (exact) mass is 308 g/mol. The first kappa shape index (κ1) is 15.7. The van der Waals surface area contributed by atoms with Gasteiger partial charge in [-0.1, -0.05) is 44.5 Å². The molecule has 3 nitrogen and oxygen atoms in total. The number of nitrogens with zero attached hydrogens (tertiary/aromatic N) is 2. The van der Waals surface area contributed by atoms with Gasteiger partial charge in [0.15, 0.2) is 11.6 Å². The molecule has 2 rings (SSSR count). The van der Waals surface area contributed by atoms with Crippen molar-refractivity contribution in [3.63, 3.8) is 0 Å². The van der Waals surface area contributed by atoms with Crippen molar-refractivity contribution in [3.8, 4) is 11.6 Å². The summed E-state index contributed by atoms with van der Waals surface area (Å²) in [6.07, 6.45) is 0. The van der Waals surface area contributed by atoms with Crippen molar-refractivity contribution in [2.75, 3.05) is 0 Å². The van der Waals surface area contributed by atoms with Crippen molar-refractivity contribution in [3.05, 3.63) is 46.1 Å². The molecule has 1 heterocycles. The lowest BCUT2D eigenvalue weighted by molar-refractivity contribution is 0.412. The van der Waals surface area contributed by atoms with Gasteiger partial charge < -0.3 is 4.74 Å². The van der Waals surface area contributed by atoms with Gasteiger partial charge in [-0.3, -0.25) is 0 Å². The first-order valence-corrected chi connectivity index (χ1v) is 7.05. The number of ether oxygens (including phenoxy) is 1. The topological polar surface area (TPSA) is 35.0 Å². The molecule has 0 fully saturated rings. The largest absolute Gasteiger partial charge is 0.435 e. The van der Waals surface area contributed by atoms with Crippen LogP contribution in [0.4, 0.5) is 4.39 Å². The second kappa shape index (κ2) is 5.60. The number of rotatable bonds is 2. The lowest BCUT2D eigenvalue weighted by Gasteiger charge is -2.19. The van der Waals surface area contributed by atoms with Gasteiger partial charge in [-0.2, -0.15) is 4.98 Å². The maximum absolute atomic E-state index is 14.1. The van der Waals surface area contributed by atoms with Crippen LogP contribution in [0, 0.1) is 19.7 Å². The van der Waals surface area contributed by atoms with E-state index in [4.69, 9.17) is 16.3 Å². The van der Waals surface area contributed by atoms with Crippen LogP contribution in [0.1, 0.15) is 37.7 Å². The molecule has 0 aliphatic carbocycles. The Morgan fingerprint density at radius 2 is 1.81 bits per heavy atom. The summed E-state index contributed by atoms with van der Waals surface area (Å²) >= 11 is 6.14. The van der Waals surface area contributed by atoms with Crippen molar-refractivity contribution >= 4 is 11.6 Å². The van der Waals surface area contributed by atoms with Gasteiger partial charge in [0.05, 0.1) is 0 Å². The smallest absolute Gasteiger partial charge is 0.227 e. The molecule has 0 bridgehead atoms. The average molecular weight is 309 g/mol. The lowest BCUT2D eigenvalue weighted by Crippen LogP contribution is -2.17. The summed E-state index contributed by atoms with van der Waals surface area (Å²) in [6, 6.07) is 4.98. The van der Waals surface area contributed by atoms with Crippen molar-refractivity contribution in [2.24, 2.45) is 0 Å². The molecule has 0 unspecified atom stereocenters. The van der Waals surface area contributed by atoms with Gasteiger partial charge >= 0.3 is 0 Å². The van der Waals surface area contributed by atoms with Crippen LogP contribution in [-0.2, 0) is 5.41 Å². The summed E-state index contributed by atoms with van der Waals surface area (Å²) in [7, 11) is 0. The van der Waals surface area contributed by atoms with Crippen LogP contribution in [0.2, 0.25) is 5.15 Å². The molecule has 2 aromatic rings. The lowest BCUT2D eigenvalue weighted by atomic mass is 9.96. The molecule has 0 spiro atoms. The highest BCUT2D eigenvalue weighted by Gasteiger charge is 2.22. The van der Waals surface area contributed by atoms with Crippen molar-refractivity contribution < 1.29 is 9.13 Å². The number of benzene rings is 1. The predicted octanol–water partition coefficient (Wildman–Crippen LogP) is 4.98. The van der Waals surface area contributed by atoms with Gasteiger partial charge in [0.1, 0.15) is 11.0 Å². The Labute approximate surface area is 129 Å². The van der Waals surface area contributed by atoms with Gasteiger partial charge in [0.2, 0.25) is 5.88 Å². The number of aromatic nitrogens is 2. The number of hydrogen-bond acceptors (Lipinski definition) is 3. The predicted molar refractivity (Wildman–Crippen MR) is 81.7 cm³/mol. The van der Waals surface area contributed by atoms with Crippen LogP contribution in [0.15, 0.2) is 18.2 Å². The fourth-order valence-electron chi connectivity index (χ4n) is 1.71. The van der Waals surface area contributed by atoms with Gasteiger partial charge in [0.25, 0.3) is 0 Å². The van der Waals surface area contributed by atoms with Gasteiger partial charge in [-0.25, -0.2) is 9.37 Å². The first-order chi connectivity index (χ1) is 9.70. The third kappa shape index (κ3) is 3.32. The van der Waals surface area contributed by atoms with E-state index in [-0.39, 0.29) is 17.0 Å². The van der Waals surface area contributed by atoms with E-state index < -0.39 is 5.82 Å². The van der Waals surface area contributed by atoms with Gasteiger partial charge in [-0.05, 0) is 25.5 Å². The van der Waals surface area contributed by atoms with Crippen molar-refractivity contribution in [1.29, 1.82) is 0 Å². The normalized spacial score (nSPS) is 11.6. The zero-order valence-corrected chi connectivity index (χ0v) is 13.5. The van der Waals surface area contributed by atoms with E-state index in [1.54, 1.807) is 32.0 Å². The second-order valence-electron chi connectivity index (χ2n) is 6.01. The molecule has 0 aliphatic rings. The second-order valence-corrected chi connectivity index (χ2v) is 6.37. The molecule has 0 atom stereocenters. The maximum atomic E-state index is 14.1. The first-order valence-electron chi connectivity index (χ1n) is 6.67. The molecule has 5 heteroatoms. The SMILES string of the molecule is Cc1cccc(Oc2nc(C(C)(C)C)nc(Cl)c2C)c1F. The van der Waals surface area contributed by atoms with E-state index in [1.165, 1.54) is 0 Å². The molecule has 0 N–H and O–H groups in total. The van der Waals surface area contributed by atoms with E-state index in [1.807, 2.05) is 20.8 Å². The minimum absolute atomic E-state index is 0.132.